The molecule has 142 valence electrons. The number of hydrogen-bond donors (Lipinski definition) is 2. The fourth-order valence-corrected chi connectivity index (χ4v) is 2.75. The normalized spacial score (nSPS) is 11.1. The van der Waals surface area contributed by atoms with E-state index in [0.29, 0.717) is 39.8 Å². The third-order valence-electron chi connectivity index (χ3n) is 3.90. The zero-order valence-corrected chi connectivity index (χ0v) is 14.7. The highest BCUT2D eigenvalue weighted by Gasteiger charge is 2.23. The molecule has 4 rings (SSSR count). The van der Waals surface area contributed by atoms with E-state index >= 15 is 0 Å². The molecule has 0 unspecified atom stereocenters. The number of fused-ring (bicyclic) bond motifs is 1. The third-order valence-corrected chi connectivity index (χ3v) is 3.90. The van der Waals surface area contributed by atoms with Crippen LogP contribution in [0.25, 0.3) is 22.6 Å². The van der Waals surface area contributed by atoms with Crippen LogP contribution in [0.3, 0.4) is 0 Å². The average molecular weight is 381 g/mol. The molecule has 28 heavy (non-hydrogen) atoms. The number of nitrogens with two attached hydrogens (primary N) is 1. The van der Waals surface area contributed by atoms with Crippen LogP contribution in [-0.2, 0) is 4.79 Å². The van der Waals surface area contributed by atoms with Crippen LogP contribution in [0.15, 0.2) is 41.0 Å². The summed E-state index contributed by atoms with van der Waals surface area (Å²) in [6.45, 7) is -0.129. The molecule has 1 aliphatic heterocycles. The first-order valence-corrected chi connectivity index (χ1v) is 7.93. The van der Waals surface area contributed by atoms with Crippen molar-refractivity contribution in [2.75, 3.05) is 19.6 Å². The number of carboxylic acid groups (broad SMARTS) is 1. The topological polar surface area (TPSA) is 141 Å². The highest BCUT2D eigenvalue weighted by molar-refractivity contribution is 5.81. The Labute approximate surface area is 159 Å². The van der Waals surface area contributed by atoms with Crippen LogP contribution in [0.1, 0.15) is 5.56 Å². The Bertz CT molecular complexity index is 1040. The number of furan rings is 1. The lowest BCUT2D eigenvalue weighted by molar-refractivity contribution is -0.122. The van der Waals surface area contributed by atoms with E-state index in [-0.39, 0.29) is 24.6 Å². The lowest BCUT2D eigenvalue weighted by Gasteiger charge is -2.12. The van der Waals surface area contributed by atoms with Crippen LogP contribution in [0.4, 0.5) is 5.82 Å². The van der Waals surface area contributed by atoms with Gasteiger partial charge in [0.15, 0.2) is 17.3 Å². The van der Waals surface area contributed by atoms with Gasteiger partial charge in [0.2, 0.25) is 12.5 Å². The lowest BCUT2D eigenvalue weighted by Crippen LogP contribution is -1.99. The maximum Gasteiger partial charge on any atom is 0.290 e. The molecule has 0 atom stereocenters. The molecule has 0 fully saturated rings. The Hall–Kier alpha value is -4.19. The van der Waals surface area contributed by atoms with E-state index in [1.54, 1.807) is 43.7 Å². The van der Waals surface area contributed by atoms with E-state index in [0.717, 1.165) is 0 Å². The first-order valence-electron chi connectivity index (χ1n) is 7.93. The van der Waals surface area contributed by atoms with E-state index in [4.69, 9.17) is 34.3 Å². The van der Waals surface area contributed by atoms with Gasteiger partial charge in [0.1, 0.15) is 23.1 Å². The molecule has 0 saturated carbocycles. The number of aromatic nitrogens is 1. The first kappa shape index (κ1) is 18.6. The Morgan fingerprint density at radius 1 is 1.36 bits per heavy atom. The highest BCUT2D eigenvalue weighted by atomic mass is 16.7. The molecule has 9 nitrogen and oxygen atoms in total. The van der Waals surface area contributed by atoms with Crippen molar-refractivity contribution in [1.29, 1.82) is 5.26 Å². The molecule has 0 spiro atoms. The first-order chi connectivity index (χ1) is 13.6. The fourth-order valence-electron chi connectivity index (χ4n) is 2.75. The number of anilines is 1. The van der Waals surface area contributed by atoms with Gasteiger partial charge in [-0.25, -0.2) is 4.98 Å². The van der Waals surface area contributed by atoms with E-state index in [9.17, 15) is 5.26 Å². The van der Waals surface area contributed by atoms with Crippen LogP contribution in [-0.4, -0.2) is 30.5 Å². The number of benzene rings is 1. The standard InChI is InChI=1S/C18H13N3O4.CH2O2/c1-22-15-5-10(6-16-17(15)25-9-24-16)11-7-13(14-3-2-4-23-14)21-18(20)12(11)8-19;2-1-3/h2-7H,9H2,1H3,(H2,20,21);1H,(H,2,3). The Balaban J connectivity index is 0.000000706. The van der Waals surface area contributed by atoms with E-state index in [1.165, 1.54) is 0 Å². The van der Waals surface area contributed by atoms with Crippen LogP contribution >= 0.6 is 0 Å². The quantitative estimate of drug-likeness (QED) is 0.655. The second kappa shape index (κ2) is 8.01. The van der Waals surface area contributed by atoms with Gasteiger partial charge in [0.25, 0.3) is 6.47 Å². The smallest absolute Gasteiger partial charge is 0.290 e. The number of hydrogen-bond acceptors (Lipinski definition) is 8. The summed E-state index contributed by atoms with van der Waals surface area (Å²) in [6, 6.07) is 11.0. The largest absolute Gasteiger partial charge is 0.493 e. The van der Waals surface area contributed by atoms with Gasteiger partial charge in [-0.05, 0) is 35.9 Å². The molecule has 3 aromatic rings. The molecule has 3 heterocycles. The maximum atomic E-state index is 9.52. The lowest BCUT2D eigenvalue weighted by atomic mass is 9.99. The van der Waals surface area contributed by atoms with Crippen molar-refractivity contribution in [3.8, 4) is 45.9 Å². The minimum atomic E-state index is -0.250. The Kier molecular flexibility index (Phi) is 5.32. The molecule has 9 heteroatoms. The summed E-state index contributed by atoms with van der Waals surface area (Å²) < 4.78 is 21.6. The van der Waals surface area contributed by atoms with Gasteiger partial charge in [-0.15, -0.1) is 0 Å². The second-order valence-electron chi connectivity index (χ2n) is 5.42. The molecule has 2 aromatic heterocycles. The van der Waals surface area contributed by atoms with Crippen LogP contribution < -0.4 is 19.9 Å². The van der Waals surface area contributed by atoms with Gasteiger partial charge in [-0.3, -0.25) is 4.79 Å². The van der Waals surface area contributed by atoms with Crippen LogP contribution in [0.5, 0.6) is 17.2 Å². The summed E-state index contributed by atoms with van der Waals surface area (Å²) in [4.78, 5) is 12.6. The number of carbonyl (C=O) groups is 1. The van der Waals surface area contributed by atoms with Crippen molar-refractivity contribution in [3.63, 3.8) is 0 Å². The average Bonchev–Trinajstić information content (AvgIpc) is 3.39. The summed E-state index contributed by atoms with van der Waals surface area (Å²) >= 11 is 0. The maximum absolute atomic E-state index is 9.52. The summed E-state index contributed by atoms with van der Waals surface area (Å²) in [5, 5.41) is 16.4. The zero-order valence-electron chi connectivity index (χ0n) is 14.7. The predicted molar refractivity (Wildman–Crippen MR) is 97.9 cm³/mol. The van der Waals surface area contributed by atoms with Crippen molar-refractivity contribution >= 4 is 12.3 Å². The molecule has 0 radical (unpaired) electrons. The van der Waals surface area contributed by atoms with E-state index in [1.807, 2.05) is 0 Å². The Morgan fingerprint density at radius 3 is 2.79 bits per heavy atom. The molecule has 0 amide bonds. The van der Waals surface area contributed by atoms with Crippen LogP contribution in [0, 0.1) is 11.3 Å². The number of nitriles is 1. The summed E-state index contributed by atoms with van der Waals surface area (Å²) in [7, 11) is 1.54. The molecule has 0 aliphatic carbocycles. The number of nitrogen functional groups attached to an aromatic ring is 1. The van der Waals surface area contributed by atoms with Gasteiger partial charge >= 0.3 is 0 Å². The molecule has 0 saturated heterocycles. The monoisotopic (exact) mass is 381 g/mol. The van der Waals surface area contributed by atoms with Crippen LogP contribution in [0.2, 0.25) is 0 Å². The summed E-state index contributed by atoms with van der Waals surface area (Å²) in [5.41, 5.74) is 8.12. The molecule has 1 aromatic carbocycles. The van der Waals surface area contributed by atoms with Crippen molar-refractivity contribution in [2.24, 2.45) is 0 Å². The van der Waals surface area contributed by atoms with Gasteiger partial charge in [0, 0.05) is 5.56 Å². The van der Waals surface area contributed by atoms with Crippen molar-refractivity contribution in [3.05, 3.63) is 42.2 Å². The van der Waals surface area contributed by atoms with Gasteiger partial charge in [-0.1, -0.05) is 0 Å². The number of rotatable bonds is 3. The number of ether oxygens (including phenoxy) is 3. The minimum absolute atomic E-state index is 0.121. The minimum Gasteiger partial charge on any atom is -0.493 e. The second-order valence-corrected chi connectivity index (χ2v) is 5.42. The zero-order chi connectivity index (χ0) is 20.1. The number of nitrogens with zero attached hydrogens (tertiary/aromatic N) is 2. The molecule has 0 bridgehead atoms. The van der Waals surface area contributed by atoms with E-state index < -0.39 is 0 Å². The molecular weight excluding hydrogens is 366 g/mol. The van der Waals surface area contributed by atoms with E-state index in [2.05, 4.69) is 11.1 Å². The number of methoxy groups -OCH3 is 1. The van der Waals surface area contributed by atoms with Gasteiger partial charge in [0.05, 0.1) is 13.4 Å². The van der Waals surface area contributed by atoms with Crippen molar-refractivity contribution < 1.29 is 28.5 Å². The molecule has 3 N–H and O–H groups in total. The summed E-state index contributed by atoms with van der Waals surface area (Å²) in [5.74, 6) is 2.29. The Morgan fingerprint density at radius 2 is 2.14 bits per heavy atom. The number of pyridine rings is 1. The SMILES string of the molecule is COc1cc(-c2cc(-c3ccco3)nc(N)c2C#N)cc2c1OCO2.O=CO. The van der Waals surface area contributed by atoms with Gasteiger partial charge in [-0.2, -0.15) is 5.26 Å². The fraction of sp³-hybridized carbons (Fsp3) is 0.105. The van der Waals surface area contributed by atoms with Gasteiger partial charge < -0.3 is 29.5 Å². The van der Waals surface area contributed by atoms with Crippen molar-refractivity contribution in [2.45, 2.75) is 0 Å². The molecule has 1 aliphatic rings. The predicted octanol–water partition coefficient (Wildman–Crippen LogP) is 2.90. The van der Waals surface area contributed by atoms with Crippen molar-refractivity contribution in [1.82, 2.24) is 4.98 Å². The highest BCUT2D eigenvalue weighted by Crippen LogP contribution is 2.45. The molecular formula is C19H15N3O6. The third kappa shape index (κ3) is 3.39. The summed E-state index contributed by atoms with van der Waals surface area (Å²) in [6.07, 6.45) is 1.55.